The van der Waals surface area contributed by atoms with Crippen molar-refractivity contribution in [2.45, 2.75) is 25.2 Å². The van der Waals surface area contributed by atoms with E-state index in [0.717, 1.165) is 12.0 Å². The van der Waals surface area contributed by atoms with Gasteiger partial charge < -0.3 is 28.8 Å². The summed E-state index contributed by atoms with van der Waals surface area (Å²) in [4.78, 5) is 30.0. The van der Waals surface area contributed by atoms with Gasteiger partial charge in [-0.1, -0.05) is 6.07 Å². The Labute approximate surface area is 221 Å². The molecule has 0 bridgehead atoms. The Morgan fingerprint density at radius 2 is 1.79 bits per heavy atom. The number of hydrogen-bond acceptors (Lipinski definition) is 9. The van der Waals surface area contributed by atoms with Gasteiger partial charge >= 0.3 is 6.41 Å². The average Bonchev–Trinajstić information content (AvgIpc) is 3.59. The summed E-state index contributed by atoms with van der Waals surface area (Å²) in [6, 6.07) is 8.87. The zero-order chi connectivity index (χ0) is 26.9. The van der Waals surface area contributed by atoms with E-state index in [-0.39, 0.29) is 23.7 Å². The number of rotatable bonds is 8. The van der Waals surface area contributed by atoms with Crippen LogP contribution in [0.25, 0.3) is 0 Å². The number of β-amino-alcohol motifs (C(OH)–C–C–N with tert-alkyl or cyclic N) is 1. The first kappa shape index (κ1) is 26.1. The fraction of sp³-hybridized carbons (Fsp3) is 0.481. The number of piperazine rings is 1. The number of likely N-dealkylation sites (tertiary alicyclic amines) is 1. The van der Waals surface area contributed by atoms with Crippen LogP contribution in [-0.2, 0) is 11.3 Å². The maximum absolute atomic E-state index is 13.5. The highest BCUT2D eigenvalue weighted by atomic mass is 16.7. The minimum Gasteiger partial charge on any atom is -0.493 e. The maximum Gasteiger partial charge on any atom is 0.303 e. The van der Waals surface area contributed by atoms with Crippen LogP contribution in [0.5, 0.6) is 28.7 Å². The van der Waals surface area contributed by atoms with Crippen LogP contribution in [0.4, 0.5) is 0 Å². The van der Waals surface area contributed by atoms with Gasteiger partial charge in [0.15, 0.2) is 29.2 Å². The molecule has 0 spiro atoms. The molecule has 5 rings (SSSR count). The van der Waals surface area contributed by atoms with Crippen LogP contribution in [-0.4, -0.2) is 105 Å². The first-order valence-electron chi connectivity index (χ1n) is 12.6. The molecule has 38 heavy (non-hydrogen) atoms. The Balaban J connectivity index is 1.32. The second-order valence-corrected chi connectivity index (χ2v) is 9.82. The number of hydrogen-bond donors (Lipinski definition) is 1. The summed E-state index contributed by atoms with van der Waals surface area (Å²) in [6.07, 6.45) is 0.148. The fourth-order valence-electron chi connectivity index (χ4n) is 5.73. The second kappa shape index (κ2) is 10.7. The van der Waals surface area contributed by atoms with Crippen molar-refractivity contribution >= 4 is 12.3 Å². The Kier molecular flexibility index (Phi) is 7.33. The van der Waals surface area contributed by atoms with Gasteiger partial charge in [-0.25, -0.2) is 9.28 Å². The molecule has 2 amide bonds. The monoisotopic (exact) mass is 528 g/mol. The van der Waals surface area contributed by atoms with Crippen LogP contribution in [0.1, 0.15) is 22.3 Å². The third kappa shape index (κ3) is 4.61. The number of carbonyl (C=O) groups is 2. The summed E-state index contributed by atoms with van der Waals surface area (Å²) in [6.45, 7) is 3.20. The summed E-state index contributed by atoms with van der Waals surface area (Å²) in [5.74, 6) is 2.63. The molecule has 0 radical (unpaired) electrons. The Hall–Kier alpha value is -3.54. The zero-order valence-electron chi connectivity index (χ0n) is 21.9. The molecule has 2 aromatic rings. The summed E-state index contributed by atoms with van der Waals surface area (Å²) >= 11 is 0. The molecule has 3 aliphatic heterocycles. The maximum atomic E-state index is 13.5. The molecule has 1 N–H and O–H groups in total. The number of benzene rings is 2. The van der Waals surface area contributed by atoms with Crippen molar-refractivity contribution in [2.24, 2.45) is 0 Å². The second-order valence-electron chi connectivity index (χ2n) is 9.82. The highest BCUT2D eigenvalue weighted by Gasteiger charge is 2.50. The highest BCUT2D eigenvalue weighted by molar-refractivity contribution is 5.95. The molecule has 11 heteroatoms. The van der Waals surface area contributed by atoms with Gasteiger partial charge in [0.2, 0.25) is 12.5 Å². The molecule has 2 atom stereocenters. The summed E-state index contributed by atoms with van der Waals surface area (Å²) in [7, 11) is 4.76. The Bertz CT molecular complexity index is 1200. The molecule has 3 heterocycles. The van der Waals surface area contributed by atoms with Gasteiger partial charge in [0, 0.05) is 37.2 Å². The first-order chi connectivity index (χ1) is 18.4. The Morgan fingerprint density at radius 3 is 2.47 bits per heavy atom. The molecule has 2 saturated heterocycles. The van der Waals surface area contributed by atoms with Crippen LogP contribution in [0.3, 0.4) is 0 Å². The van der Waals surface area contributed by atoms with Gasteiger partial charge in [0.1, 0.15) is 0 Å². The SMILES string of the molecule is COc1ccc(CN2CC[N+](C=O)([C@@H]3C[C@@H](O)CN3C(=O)c3ccc4c(c3)OCO4)CC2)c(OC)c1OC. The molecule has 11 nitrogen and oxygen atoms in total. The van der Waals surface area contributed by atoms with Crippen molar-refractivity contribution in [3.63, 3.8) is 0 Å². The zero-order valence-corrected chi connectivity index (χ0v) is 21.9. The molecule has 2 fully saturated rings. The number of aliphatic hydroxyl groups is 1. The first-order valence-corrected chi connectivity index (χ1v) is 12.6. The van der Waals surface area contributed by atoms with Crippen molar-refractivity contribution in [2.75, 3.05) is 60.8 Å². The minimum atomic E-state index is -0.693. The van der Waals surface area contributed by atoms with E-state index in [1.807, 2.05) is 12.1 Å². The van der Waals surface area contributed by atoms with Crippen molar-refractivity contribution in [3.8, 4) is 28.7 Å². The van der Waals surface area contributed by atoms with Crippen molar-refractivity contribution < 1.29 is 42.9 Å². The van der Waals surface area contributed by atoms with E-state index in [0.29, 0.717) is 73.5 Å². The number of ether oxygens (including phenoxy) is 5. The lowest BCUT2D eigenvalue weighted by Crippen LogP contribution is -2.66. The number of fused-ring (bicyclic) bond motifs is 1. The number of quaternary nitrogens is 1. The van der Waals surface area contributed by atoms with Crippen LogP contribution >= 0.6 is 0 Å². The van der Waals surface area contributed by atoms with Gasteiger partial charge in [0.25, 0.3) is 5.91 Å². The molecule has 0 saturated carbocycles. The molecule has 0 unspecified atom stereocenters. The minimum absolute atomic E-state index is 0.0902. The number of nitrogens with zero attached hydrogens (tertiary/aromatic N) is 3. The third-order valence-electron chi connectivity index (χ3n) is 7.78. The van der Waals surface area contributed by atoms with E-state index >= 15 is 0 Å². The van der Waals surface area contributed by atoms with E-state index in [2.05, 4.69) is 4.90 Å². The Morgan fingerprint density at radius 1 is 1.05 bits per heavy atom. The number of amides is 2. The molecular weight excluding hydrogens is 494 g/mol. The lowest BCUT2D eigenvalue weighted by molar-refractivity contribution is -0.885. The largest absolute Gasteiger partial charge is 0.493 e. The van der Waals surface area contributed by atoms with Gasteiger partial charge in [0.05, 0.1) is 47.1 Å². The van der Waals surface area contributed by atoms with Gasteiger partial charge in [-0.05, 0) is 24.3 Å². The molecule has 3 aliphatic rings. The van der Waals surface area contributed by atoms with Crippen LogP contribution in [0.2, 0.25) is 0 Å². The van der Waals surface area contributed by atoms with E-state index in [4.69, 9.17) is 23.7 Å². The van der Waals surface area contributed by atoms with Crippen LogP contribution in [0.15, 0.2) is 30.3 Å². The lowest BCUT2D eigenvalue weighted by atomic mass is 10.1. The van der Waals surface area contributed by atoms with Crippen LogP contribution < -0.4 is 23.7 Å². The fourth-order valence-corrected chi connectivity index (χ4v) is 5.73. The average molecular weight is 529 g/mol. The summed E-state index contributed by atoms with van der Waals surface area (Å²) in [5, 5.41) is 10.5. The quantitative estimate of drug-likeness (QED) is 0.403. The van der Waals surface area contributed by atoms with E-state index in [9.17, 15) is 14.7 Å². The molecule has 0 aliphatic carbocycles. The third-order valence-corrected chi connectivity index (χ3v) is 7.78. The molecular formula is C27H34N3O8+. The summed E-state index contributed by atoms with van der Waals surface area (Å²) in [5.41, 5.74) is 1.39. The number of aliphatic hydroxyl groups excluding tert-OH is 1. The summed E-state index contributed by atoms with van der Waals surface area (Å²) < 4.78 is 27.4. The van der Waals surface area contributed by atoms with E-state index in [1.54, 1.807) is 44.4 Å². The normalized spacial score (nSPS) is 22.3. The molecule has 2 aromatic carbocycles. The van der Waals surface area contributed by atoms with E-state index in [1.165, 1.54) is 0 Å². The molecule has 204 valence electrons. The molecule has 0 aromatic heterocycles. The number of methoxy groups -OCH3 is 3. The van der Waals surface area contributed by atoms with E-state index < -0.39 is 12.3 Å². The van der Waals surface area contributed by atoms with Crippen molar-refractivity contribution in [1.29, 1.82) is 0 Å². The highest BCUT2D eigenvalue weighted by Crippen LogP contribution is 2.40. The van der Waals surface area contributed by atoms with Gasteiger partial charge in [-0.3, -0.25) is 14.6 Å². The smallest absolute Gasteiger partial charge is 0.303 e. The van der Waals surface area contributed by atoms with Crippen molar-refractivity contribution in [3.05, 3.63) is 41.5 Å². The topological polar surface area (TPSA) is 107 Å². The number of carbonyl (C=O) groups excluding carboxylic acids is 2. The lowest BCUT2D eigenvalue weighted by Gasteiger charge is -2.46. The predicted molar refractivity (Wildman–Crippen MR) is 135 cm³/mol. The standard InChI is InChI=1S/C27H34N3O8/c1-34-22-7-5-19(25(35-2)26(22)36-3)14-28-8-10-30(16-31,11-9-28)24-13-20(32)15-29(24)27(33)18-4-6-21-23(12-18)38-17-37-21/h4-7,12,16,20,24,32H,8-11,13-15,17H2,1-3H3/q+1/t20-,24-/m1/s1. The predicted octanol–water partition coefficient (Wildman–Crippen LogP) is 1.46. The van der Waals surface area contributed by atoms with Crippen LogP contribution in [0, 0.1) is 0 Å². The van der Waals surface area contributed by atoms with Crippen molar-refractivity contribution in [1.82, 2.24) is 9.80 Å². The van der Waals surface area contributed by atoms with Gasteiger partial charge in [-0.15, -0.1) is 0 Å². The van der Waals surface area contributed by atoms with Gasteiger partial charge in [-0.2, -0.15) is 0 Å².